The van der Waals surface area contributed by atoms with Crippen LogP contribution in [0.3, 0.4) is 0 Å². The van der Waals surface area contributed by atoms with Gasteiger partial charge >= 0.3 is 0 Å². The molecular weight excluding hydrogens is 356 g/mol. The first-order valence-corrected chi connectivity index (χ1v) is 9.34. The van der Waals surface area contributed by atoms with E-state index < -0.39 is 5.92 Å². The molecule has 0 aliphatic carbocycles. The van der Waals surface area contributed by atoms with Crippen LogP contribution in [0.4, 0.5) is 0 Å². The van der Waals surface area contributed by atoms with Crippen molar-refractivity contribution in [3.05, 3.63) is 60.2 Å². The topological polar surface area (TPSA) is 74.8 Å². The van der Waals surface area contributed by atoms with Crippen LogP contribution in [0.25, 0.3) is 0 Å². The Kier molecular flexibility index (Phi) is 5.58. The highest BCUT2D eigenvalue weighted by Crippen LogP contribution is 2.28. The molecule has 0 radical (unpaired) electrons. The third-order valence-electron chi connectivity index (χ3n) is 5.30. The summed E-state index contributed by atoms with van der Waals surface area (Å²) in [4.78, 5) is 51.8. The molecule has 2 unspecified atom stereocenters. The largest absolute Gasteiger partial charge is 0.278 e. The molecule has 2 fully saturated rings. The summed E-state index contributed by atoms with van der Waals surface area (Å²) in [6.45, 7) is 9.55. The van der Waals surface area contributed by atoms with Crippen LogP contribution in [-0.2, 0) is 32.3 Å². The van der Waals surface area contributed by atoms with Gasteiger partial charge in [-0.05, 0) is 24.5 Å². The van der Waals surface area contributed by atoms with Gasteiger partial charge in [0.25, 0.3) is 0 Å². The zero-order valence-electron chi connectivity index (χ0n) is 16.0. The van der Waals surface area contributed by atoms with Gasteiger partial charge in [-0.3, -0.25) is 29.0 Å². The number of rotatable bonds is 7. The second kappa shape index (κ2) is 7.92. The van der Waals surface area contributed by atoms with Crippen LogP contribution < -0.4 is 0 Å². The molecule has 2 aliphatic heterocycles. The molecule has 146 valence electrons. The van der Waals surface area contributed by atoms with Crippen LogP contribution in [0.2, 0.25) is 0 Å². The fraction of sp³-hybridized carbons (Fsp3) is 0.364. The maximum atomic E-state index is 12.4. The van der Waals surface area contributed by atoms with Crippen LogP contribution in [0.5, 0.6) is 0 Å². The quantitative estimate of drug-likeness (QED) is 0.538. The number of likely N-dealkylation sites (tertiary alicyclic amines) is 2. The zero-order chi connectivity index (χ0) is 20.4. The second-order valence-electron chi connectivity index (χ2n) is 7.48. The number of benzene rings is 1. The molecule has 6 heteroatoms. The number of allylic oxidation sites excluding steroid dienone is 1. The first-order chi connectivity index (χ1) is 13.3. The van der Waals surface area contributed by atoms with Gasteiger partial charge in [0.1, 0.15) is 0 Å². The molecule has 28 heavy (non-hydrogen) atoms. The minimum atomic E-state index is -0.447. The Labute approximate surface area is 164 Å². The minimum Gasteiger partial charge on any atom is -0.278 e. The summed E-state index contributed by atoms with van der Waals surface area (Å²) in [5.74, 6) is -1.56. The van der Waals surface area contributed by atoms with Gasteiger partial charge in [0.15, 0.2) is 0 Å². The van der Waals surface area contributed by atoms with E-state index >= 15 is 0 Å². The summed E-state index contributed by atoms with van der Waals surface area (Å²) < 4.78 is 0. The number of imide groups is 2. The van der Waals surface area contributed by atoms with E-state index in [-0.39, 0.29) is 55.5 Å². The van der Waals surface area contributed by atoms with Gasteiger partial charge in [-0.1, -0.05) is 42.5 Å². The normalized spacial score (nSPS) is 22.3. The van der Waals surface area contributed by atoms with Gasteiger partial charge in [-0.15, -0.1) is 6.58 Å². The summed E-state index contributed by atoms with van der Waals surface area (Å²) in [6, 6.07) is 7.29. The second-order valence-corrected chi connectivity index (χ2v) is 7.48. The molecule has 0 aromatic heterocycles. The van der Waals surface area contributed by atoms with E-state index in [1.807, 2.05) is 18.2 Å². The zero-order valence-corrected chi connectivity index (χ0v) is 16.0. The smallest absolute Gasteiger partial charge is 0.237 e. The summed E-state index contributed by atoms with van der Waals surface area (Å²) in [5.41, 5.74) is 2.26. The van der Waals surface area contributed by atoms with Crippen molar-refractivity contribution in [3.8, 4) is 0 Å². The van der Waals surface area contributed by atoms with Crippen molar-refractivity contribution in [2.24, 2.45) is 11.8 Å². The fourth-order valence-corrected chi connectivity index (χ4v) is 3.73. The van der Waals surface area contributed by atoms with Crippen LogP contribution >= 0.6 is 0 Å². The maximum absolute atomic E-state index is 12.4. The Morgan fingerprint density at radius 3 is 2.14 bits per heavy atom. The van der Waals surface area contributed by atoms with Crippen LogP contribution in [0.1, 0.15) is 37.3 Å². The number of hydrogen-bond acceptors (Lipinski definition) is 4. The lowest BCUT2D eigenvalue weighted by molar-refractivity contribution is -0.141. The highest BCUT2D eigenvalue weighted by Gasteiger charge is 2.39. The Hall–Kier alpha value is -3.02. The van der Waals surface area contributed by atoms with Crippen molar-refractivity contribution in [3.63, 3.8) is 0 Å². The van der Waals surface area contributed by atoms with Crippen molar-refractivity contribution in [2.45, 2.75) is 39.3 Å². The number of hydrogen-bond donors (Lipinski definition) is 0. The summed E-state index contributed by atoms with van der Waals surface area (Å²) in [7, 11) is 0. The first kappa shape index (κ1) is 19.7. The van der Waals surface area contributed by atoms with Gasteiger partial charge in [-0.2, -0.15) is 0 Å². The number of carbonyl (C=O) groups is 4. The van der Waals surface area contributed by atoms with Crippen molar-refractivity contribution < 1.29 is 19.2 Å². The highest BCUT2D eigenvalue weighted by atomic mass is 16.2. The van der Waals surface area contributed by atoms with Gasteiger partial charge in [0, 0.05) is 12.8 Å². The molecule has 0 saturated carbocycles. The monoisotopic (exact) mass is 380 g/mol. The molecule has 1 aromatic carbocycles. The van der Waals surface area contributed by atoms with E-state index in [2.05, 4.69) is 13.2 Å². The van der Waals surface area contributed by atoms with Crippen molar-refractivity contribution in [2.75, 3.05) is 0 Å². The van der Waals surface area contributed by atoms with Gasteiger partial charge < -0.3 is 0 Å². The number of amides is 4. The van der Waals surface area contributed by atoms with E-state index in [9.17, 15) is 19.2 Å². The average Bonchev–Trinajstić information content (AvgIpc) is 3.07. The first-order valence-electron chi connectivity index (χ1n) is 9.34. The Bertz CT molecular complexity index is 873. The lowest BCUT2D eigenvalue weighted by atomic mass is 10.0. The Morgan fingerprint density at radius 2 is 1.61 bits per heavy atom. The number of nitrogens with zero attached hydrogens (tertiary/aromatic N) is 2. The molecule has 4 amide bonds. The molecule has 0 spiro atoms. The molecule has 0 bridgehead atoms. The lowest BCUT2D eigenvalue weighted by Crippen LogP contribution is -2.31. The molecule has 0 N–H and O–H groups in total. The molecule has 1 aromatic rings. The lowest BCUT2D eigenvalue weighted by Gasteiger charge is -2.18. The number of carbonyl (C=O) groups excluding carboxylic acids is 4. The van der Waals surface area contributed by atoms with Crippen molar-refractivity contribution >= 4 is 23.6 Å². The highest BCUT2D eigenvalue weighted by molar-refractivity contribution is 6.05. The van der Waals surface area contributed by atoms with Gasteiger partial charge in [-0.25, -0.2) is 0 Å². The van der Waals surface area contributed by atoms with Crippen LogP contribution in [0, 0.1) is 11.8 Å². The van der Waals surface area contributed by atoms with E-state index in [0.717, 1.165) is 11.1 Å². The maximum Gasteiger partial charge on any atom is 0.237 e. The summed E-state index contributed by atoms with van der Waals surface area (Å²) in [6.07, 6.45) is 2.52. The van der Waals surface area contributed by atoms with Gasteiger partial charge in [0.05, 0.1) is 24.9 Å². The molecule has 2 aliphatic rings. The predicted molar refractivity (Wildman–Crippen MR) is 103 cm³/mol. The molecule has 6 nitrogen and oxygen atoms in total. The van der Waals surface area contributed by atoms with Crippen LogP contribution in [-0.4, -0.2) is 33.4 Å². The van der Waals surface area contributed by atoms with E-state index in [1.54, 1.807) is 19.1 Å². The molecule has 2 heterocycles. The summed E-state index contributed by atoms with van der Waals surface area (Å²) in [5, 5.41) is 0. The Balaban J connectivity index is 1.71. The molecule has 2 atom stereocenters. The Morgan fingerprint density at radius 1 is 1.04 bits per heavy atom. The average molecular weight is 380 g/mol. The molecule has 2 saturated heterocycles. The van der Waals surface area contributed by atoms with Crippen LogP contribution in [0.15, 0.2) is 49.1 Å². The van der Waals surface area contributed by atoms with E-state index in [4.69, 9.17) is 0 Å². The van der Waals surface area contributed by atoms with Crippen molar-refractivity contribution in [1.29, 1.82) is 0 Å². The molecular formula is C22H24N2O4. The minimum absolute atomic E-state index is 0.162. The summed E-state index contributed by atoms with van der Waals surface area (Å²) >= 11 is 0. The third-order valence-corrected chi connectivity index (χ3v) is 5.30. The standard InChI is InChI=1S/C22H24N2O4/c1-4-6-17-10-19(25)23(21(17)27)12-15-7-5-8-16(9-15)13-24-20(26)11-18(14(2)3)22(24)28/h4-5,7-9,17-18H,1-2,6,10-13H2,3H3. The SMILES string of the molecule is C=CCC1CC(=O)N(Cc2cccc(CN3C(=O)CC(C(=C)C)C3=O)c2)C1=O. The predicted octanol–water partition coefficient (Wildman–Crippen LogP) is 2.59. The third kappa shape index (κ3) is 3.81. The van der Waals surface area contributed by atoms with Gasteiger partial charge in [0.2, 0.25) is 23.6 Å². The molecule has 3 rings (SSSR count). The van der Waals surface area contributed by atoms with Crippen molar-refractivity contribution in [1.82, 2.24) is 9.80 Å². The van der Waals surface area contributed by atoms with E-state index in [0.29, 0.717) is 12.0 Å². The fourth-order valence-electron chi connectivity index (χ4n) is 3.73. The van der Waals surface area contributed by atoms with E-state index in [1.165, 1.54) is 9.80 Å².